The van der Waals surface area contributed by atoms with Gasteiger partial charge >= 0.3 is 0 Å². The van der Waals surface area contributed by atoms with E-state index < -0.39 is 0 Å². The first kappa shape index (κ1) is 21.8. The van der Waals surface area contributed by atoms with Crippen LogP contribution in [-0.4, -0.2) is 46.0 Å². The number of amides is 1. The van der Waals surface area contributed by atoms with Crippen LogP contribution in [0.25, 0.3) is 5.65 Å². The summed E-state index contributed by atoms with van der Waals surface area (Å²) in [5.74, 6) is -0.0361. The van der Waals surface area contributed by atoms with Crippen molar-refractivity contribution >= 4 is 23.2 Å². The summed E-state index contributed by atoms with van der Waals surface area (Å²) in [7, 11) is 3.93. The number of fused-ring (bicyclic) bond motifs is 1. The van der Waals surface area contributed by atoms with E-state index >= 15 is 0 Å². The normalized spacial score (nSPS) is 12.2. The van der Waals surface area contributed by atoms with Crippen LogP contribution >= 0.6 is 11.6 Å². The monoisotopic (exact) mass is 424 g/mol. The molecule has 0 fully saturated rings. The molecule has 0 radical (unpaired) electrons. The van der Waals surface area contributed by atoms with E-state index in [4.69, 9.17) is 11.6 Å². The molecule has 1 unspecified atom stereocenters. The molecule has 1 amide bonds. The van der Waals surface area contributed by atoms with Crippen molar-refractivity contribution in [2.24, 2.45) is 0 Å². The lowest BCUT2D eigenvalue weighted by Crippen LogP contribution is -2.34. The van der Waals surface area contributed by atoms with Gasteiger partial charge in [-0.2, -0.15) is 10.4 Å². The van der Waals surface area contributed by atoms with Gasteiger partial charge in [0, 0.05) is 29.4 Å². The molecule has 0 bridgehead atoms. The van der Waals surface area contributed by atoms with Gasteiger partial charge in [-0.3, -0.25) is 4.79 Å². The van der Waals surface area contributed by atoms with E-state index in [9.17, 15) is 10.1 Å². The first-order valence-electron chi connectivity index (χ1n) is 9.75. The number of rotatable bonds is 7. The number of hydrogen-bond donors (Lipinski definition) is 1. The quantitative estimate of drug-likeness (QED) is 0.629. The zero-order valence-corrected chi connectivity index (χ0v) is 18.4. The van der Waals surface area contributed by atoms with Gasteiger partial charge in [0.1, 0.15) is 11.6 Å². The Hall–Kier alpha value is -2.95. The van der Waals surface area contributed by atoms with Crippen molar-refractivity contribution in [1.82, 2.24) is 24.8 Å². The molecule has 0 spiro atoms. The first-order chi connectivity index (χ1) is 14.3. The van der Waals surface area contributed by atoms with Crippen molar-refractivity contribution in [3.63, 3.8) is 0 Å². The maximum Gasteiger partial charge on any atom is 0.220 e. The SMILES string of the molecule is Cc1nc2c(C#N)cnn2c(C)c1CCC(=O)NCC(c1ccccc1Cl)N(C)C. The van der Waals surface area contributed by atoms with Crippen LogP contribution in [0.5, 0.6) is 0 Å². The third-order valence-electron chi connectivity index (χ3n) is 5.31. The first-order valence-corrected chi connectivity index (χ1v) is 10.1. The molecule has 8 heteroatoms. The number of carbonyl (C=O) groups excluding carboxylic acids is 1. The van der Waals surface area contributed by atoms with Crippen LogP contribution in [0.2, 0.25) is 5.02 Å². The molecule has 1 aromatic carbocycles. The van der Waals surface area contributed by atoms with Gasteiger partial charge in [0.25, 0.3) is 0 Å². The molecule has 1 N–H and O–H groups in total. The van der Waals surface area contributed by atoms with Crippen LogP contribution in [0.4, 0.5) is 0 Å². The highest BCUT2D eigenvalue weighted by Gasteiger charge is 2.19. The number of aromatic nitrogens is 3. The Balaban J connectivity index is 1.67. The third-order valence-corrected chi connectivity index (χ3v) is 5.66. The summed E-state index contributed by atoms with van der Waals surface area (Å²) in [6.45, 7) is 4.30. The van der Waals surface area contributed by atoms with Crippen molar-refractivity contribution in [3.05, 3.63) is 63.6 Å². The molecular weight excluding hydrogens is 400 g/mol. The lowest BCUT2D eigenvalue weighted by Gasteiger charge is -2.26. The van der Waals surface area contributed by atoms with Crippen molar-refractivity contribution in [2.45, 2.75) is 32.7 Å². The molecule has 0 saturated carbocycles. The molecule has 1 atom stereocenters. The number of nitriles is 1. The Labute approximate surface area is 181 Å². The van der Waals surface area contributed by atoms with Crippen LogP contribution in [0, 0.1) is 25.2 Å². The largest absolute Gasteiger partial charge is 0.354 e. The molecular formula is C22H25ClN6O. The minimum absolute atomic E-state index is 0.0161. The molecule has 156 valence electrons. The molecule has 2 aromatic heterocycles. The summed E-state index contributed by atoms with van der Waals surface area (Å²) in [4.78, 5) is 19.1. The Morgan fingerprint density at radius 3 is 2.73 bits per heavy atom. The molecule has 0 aliphatic carbocycles. The fourth-order valence-electron chi connectivity index (χ4n) is 3.61. The Kier molecular flexibility index (Phi) is 6.70. The number of halogens is 1. The standard InChI is InChI=1S/C22H25ClN6O/c1-14-17(15(2)29-22(27-14)16(11-24)12-26-29)9-10-21(30)25-13-20(28(3)4)18-7-5-6-8-19(18)23/h5-8,12,20H,9-10,13H2,1-4H3,(H,25,30). The van der Waals surface area contributed by atoms with Gasteiger partial charge in [0.15, 0.2) is 5.65 Å². The van der Waals surface area contributed by atoms with Gasteiger partial charge in [-0.15, -0.1) is 0 Å². The van der Waals surface area contributed by atoms with Crippen molar-refractivity contribution in [2.75, 3.05) is 20.6 Å². The van der Waals surface area contributed by atoms with Crippen LogP contribution in [-0.2, 0) is 11.2 Å². The highest BCUT2D eigenvalue weighted by molar-refractivity contribution is 6.31. The van der Waals surface area contributed by atoms with Crippen LogP contribution in [0.15, 0.2) is 30.5 Å². The number of aryl methyl sites for hydroxylation is 2. The van der Waals surface area contributed by atoms with Crippen LogP contribution in [0.1, 0.15) is 40.5 Å². The molecule has 2 heterocycles. The van der Waals surface area contributed by atoms with Gasteiger partial charge in [0.05, 0.1) is 12.2 Å². The van der Waals surface area contributed by atoms with E-state index in [2.05, 4.69) is 21.5 Å². The van der Waals surface area contributed by atoms with E-state index in [1.54, 1.807) is 4.52 Å². The van der Waals surface area contributed by atoms with Gasteiger partial charge in [-0.1, -0.05) is 29.8 Å². The van der Waals surface area contributed by atoms with E-state index in [0.29, 0.717) is 35.6 Å². The topological polar surface area (TPSA) is 86.3 Å². The van der Waals surface area contributed by atoms with E-state index in [1.165, 1.54) is 6.20 Å². The second-order valence-corrected chi connectivity index (χ2v) is 7.88. The third kappa shape index (κ3) is 4.45. The van der Waals surface area contributed by atoms with E-state index in [-0.39, 0.29) is 11.9 Å². The highest BCUT2D eigenvalue weighted by atomic mass is 35.5. The Bertz CT molecular complexity index is 1110. The Morgan fingerprint density at radius 1 is 1.33 bits per heavy atom. The predicted molar refractivity (Wildman–Crippen MR) is 116 cm³/mol. The minimum atomic E-state index is -0.0361. The Morgan fingerprint density at radius 2 is 2.07 bits per heavy atom. The number of hydrogen-bond acceptors (Lipinski definition) is 5. The summed E-state index contributed by atoms with van der Waals surface area (Å²) in [6, 6.07) is 9.77. The van der Waals surface area contributed by atoms with Gasteiger partial charge in [0.2, 0.25) is 5.91 Å². The van der Waals surface area contributed by atoms with Gasteiger partial charge in [-0.25, -0.2) is 9.50 Å². The second-order valence-electron chi connectivity index (χ2n) is 7.47. The molecule has 7 nitrogen and oxygen atoms in total. The average Bonchev–Trinajstić information content (AvgIpc) is 3.12. The molecule has 3 aromatic rings. The molecule has 0 aliphatic heterocycles. The molecule has 30 heavy (non-hydrogen) atoms. The minimum Gasteiger partial charge on any atom is -0.354 e. The number of likely N-dealkylation sites (N-methyl/N-ethyl adjacent to an activating group) is 1. The summed E-state index contributed by atoms with van der Waals surface area (Å²) in [5.41, 5.74) is 4.66. The maximum absolute atomic E-state index is 12.5. The van der Waals surface area contributed by atoms with Crippen molar-refractivity contribution < 1.29 is 4.79 Å². The van der Waals surface area contributed by atoms with E-state index in [0.717, 1.165) is 22.5 Å². The summed E-state index contributed by atoms with van der Waals surface area (Å²) >= 11 is 6.34. The fraction of sp³-hybridized carbons (Fsp3) is 0.364. The maximum atomic E-state index is 12.5. The smallest absolute Gasteiger partial charge is 0.220 e. The average molecular weight is 425 g/mol. The van der Waals surface area contributed by atoms with Crippen molar-refractivity contribution in [1.29, 1.82) is 5.26 Å². The lowest BCUT2D eigenvalue weighted by molar-refractivity contribution is -0.121. The fourth-order valence-corrected chi connectivity index (χ4v) is 3.87. The predicted octanol–water partition coefficient (Wildman–Crippen LogP) is 3.22. The van der Waals surface area contributed by atoms with Gasteiger partial charge < -0.3 is 10.2 Å². The summed E-state index contributed by atoms with van der Waals surface area (Å²) in [6.07, 6.45) is 2.40. The zero-order chi connectivity index (χ0) is 21.8. The molecule has 0 saturated heterocycles. The lowest BCUT2D eigenvalue weighted by atomic mass is 10.0. The summed E-state index contributed by atoms with van der Waals surface area (Å²) in [5, 5.41) is 17.1. The number of nitrogens with one attached hydrogen (secondary N) is 1. The highest BCUT2D eigenvalue weighted by Crippen LogP contribution is 2.25. The summed E-state index contributed by atoms with van der Waals surface area (Å²) < 4.78 is 1.66. The number of nitrogens with zero attached hydrogens (tertiary/aromatic N) is 5. The molecule has 0 aliphatic rings. The number of carbonyl (C=O) groups is 1. The number of benzene rings is 1. The molecule has 3 rings (SSSR count). The van der Waals surface area contributed by atoms with Gasteiger partial charge in [-0.05, 0) is 51.6 Å². The second kappa shape index (κ2) is 9.24. The van der Waals surface area contributed by atoms with Crippen LogP contribution < -0.4 is 5.32 Å². The van der Waals surface area contributed by atoms with Crippen LogP contribution in [0.3, 0.4) is 0 Å². The zero-order valence-electron chi connectivity index (χ0n) is 17.6. The van der Waals surface area contributed by atoms with Crippen molar-refractivity contribution in [3.8, 4) is 6.07 Å². The van der Waals surface area contributed by atoms with E-state index in [1.807, 2.05) is 57.1 Å².